The van der Waals surface area contributed by atoms with E-state index >= 15 is 0 Å². The fraction of sp³-hybridized carbons (Fsp3) is 0.857. The summed E-state index contributed by atoms with van der Waals surface area (Å²) >= 11 is 0. The molecule has 0 aromatic heterocycles. The van der Waals surface area contributed by atoms with Crippen molar-refractivity contribution in [3.05, 3.63) is 0 Å². The van der Waals surface area contributed by atoms with Crippen LogP contribution in [0.25, 0.3) is 0 Å². The summed E-state index contributed by atoms with van der Waals surface area (Å²) in [4.78, 5) is 0. The van der Waals surface area contributed by atoms with E-state index in [2.05, 4.69) is 11.8 Å². The van der Waals surface area contributed by atoms with Gasteiger partial charge in [0, 0.05) is 0 Å². The first kappa shape index (κ1) is 10.6. The highest BCUT2D eigenvalue weighted by Crippen LogP contribution is 2.47. The van der Waals surface area contributed by atoms with Crippen molar-refractivity contribution in [3.63, 3.8) is 0 Å². The topological polar surface area (TPSA) is 32.8 Å². The molecule has 3 fully saturated rings. The number of epoxide rings is 1. The van der Waals surface area contributed by atoms with Crippen LogP contribution in [0.15, 0.2) is 0 Å². The molecule has 3 aliphatic rings. The number of hydrogen-bond acceptors (Lipinski definition) is 2. The van der Waals surface area contributed by atoms with Crippen molar-refractivity contribution in [2.45, 2.75) is 75.1 Å². The molecule has 1 saturated heterocycles. The van der Waals surface area contributed by atoms with Gasteiger partial charge in [-0.1, -0.05) is 24.7 Å². The lowest BCUT2D eigenvalue weighted by Gasteiger charge is -2.26. The van der Waals surface area contributed by atoms with E-state index in [1.54, 1.807) is 0 Å². The molecule has 2 heteroatoms. The van der Waals surface area contributed by atoms with E-state index in [1.807, 2.05) is 0 Å². The van der Waals surface area contributed by atoms with Crippen molar-refractivity contribution >= 4 is 0 Å². The average molecular weight is 220 g/mol. The third kappa shape index (κ3) is 1.87. The van der Waals surface area contributed by atoms with Gasteiger partial charge in [0.2, 0.25) is 0 Å². The van der Waals surface area contributed by atoms with Gasteiger partial charge in [-0.25, -0.2) is 0 Å². The Labute approximate surface area is 97.4 Å². The molecule has 0 spiro atoms. The first-order valence-electron chi connectivity index (χ1n) is 6.67. The van der Waals surface area contributed by atoms with E-state index in [-0.39, 0.29) is 5.60 Å². The second-order valence-corrected chi connectivity index (χ2v) is 5.58. The summed E-state index contributed by atoms with van der Waals surface area (Å²) in [6, 6.07) is 0. The number of aliphatic hydroxyl groups is 1. The molecule has 3 rings (SSSR count). The predicted molar refractivity (Wildman–Crippen MR) is 61.9 cm³/mol. The maximum Gasteiger partial charge on any atom is 0.155 e. The molecule has 0 aromatic carbocycles. The van der Waals surface area contributed by atoms with Crippen molar-refractivity contribution < 1.29 is 9.84 Å². The van der Waals surface area contributed by atoms with Gasteiger partial charge < -0.3 is 9.84 Å². The third-order valence-corrected chi connectivity index (χ3v) is 4.27. The van der Waals surface area contributed by atoms with Gasteiger partial charge in [0.25, 0.3) is 0 Å². The van der Waals surface area contributed by atoms with Crippen LogP contribution in [0.2, 0.25) is 0 Å². The molecule has 1 N–H and O–H groups in total. The second kappa shape index (κ2) is 3.75. The maximum absolute atomic E-state index is 10.3. The SMILES string of the molecule is OC1(C#CC23CCCCC2O3)CCCCC1. The van der Waals surface area contributed by atoms with E-state index < -0.39 is 5.60 Å². The predicted octanol–water partition coefficient (Wildman–Crippen LogP) is 2.40. The summed E-state index contributed by atoms with van der Waals surface area (Å²) in [5.41, 5.74) is -0.855. The van der Waals surface area contributed by atoms with Crippen LogP contribution in [0.1, 0.15) is 57.8 Å². The minimum absolute atomic E-state index is 0.147. The van der Waals surface area contributed by atoms with Crippen LogP contribution in [0.4, 0.5) is 0 Å². The van der Waals surface area contributed by atoms with Gasteiger partial charge >= 0.3 is 0 Å². The van der Waals surface area contributed by atoms with Crippen LogP contribution in [0, 0.1) is 11.8 Å². The maximum atomic E-state index is 10.3. The van der Waals surface area contributed by atoms with Gasteiger partial charge in [0.15, 0.2) is 5.60 Å². The summed E-state index contributed by atoms with van der Waals surface area (Å²) in [5, 5.41) is 10.3. The van der Waals surface area contributed by atoms with Crippen molar-refractivity contribution in [2.24, 2.45) is 0 Å². The smallest absolute Gasteiger partial charge is 0.155 e. The molecule has 2 unspecified atom stereocenters. The molecule has 1 aliphatic heterocycles. The summed E-state index contributed by atoms with van der Waals surface area (Å²) in [6.45, 7) is 0. The first-order chi connectivity index (χ1) is 7.73. The molecule has 0 amide bonds. The third-order valence-electron chi connectivity index (χ3n) is 4.27. The van der Waals surface area contributed by atoms with Crippen molar-refractivity contribution in [3.8, 4) is 11.8 Å². The average Bonchev–Trinajstić information content (AvgIpc) is 3.03. The number of ether oxygens (including phenoxy) is 1. The number of rotatable bonds is 0. The summed E-state index contributed by atoms with van der Waals surface area (Å²) in [5.74, 6) is 6.39. The molecule has 0 radical (unpaired) electrons. The first-order valence-corrected chi connectivity index (χ1v) is 6.67. The standard InChI is InChI=1S/C14H20O2/c15-13(7-3-1-4-8-13)10-11-14-9-5-2-6-12(14)16-14/h12,15H,1-9H2. The van der Waals surface area contributed by atoms with Crippen molar-refractivity contribution in [1.82, 2.24) is 0 Å². The Morgan fingerprint density at radius 2 is 1.69 bits per heavy atom. The second-order valence-electron chi connectivity index (χ2n) is 5.58. The Balaban J connectivity index is 1.70. The van der Waals surface area contributed by atoms with Crippen LogP contribution >= 0.6 is 0 Å². The van der Waals surface area contributed by atoms with E-state index in [0.29, 0.717) is 6.10 Å². The Bertz CT molecular complexity index is 321. The normalized spacial score (nSPS) is 40.4. The minimum Gasteiger partial charge on any atom is -0.378 e. The van der Waals surface area contributed by atoms with E-state index in [4.69, 9.17) is 4.74 Å². The fourth-order valence-electron chi connectivity index (χ4n) is 3.11. The zero-order valence-corrected chi connectivity index (χ0v) is 9.80. The van der Waals surface area contributed by atoms with Crippen LogP contribution in [0.3, 0.4) is 0 Å². The quantitative estimate of drug-likeness (QED) is 0.502. The van der Waals surface area contributed by atoms with Gasteiger partial charge in [-0.3, -0.25) is 0 Å². The van der Waals surface area contributed by atoms with Crippen molar-refractivity contribution in [1.29, 1.82) is 0 Å². The molecular formula is C14H20O2. The molecule has 2 atom stereocenters. The van der Waals surface area contributed by atoms with Crippen LogP contribution in [0.5, 0.6) is 0 Å². The Hall–Kier alpha value is -0.520. The lowest BCUT2D eigenvalue weighted by molar-refractivity contribution is 0.0607. The zero-order valence-electron chi connectivity index (χ0n) is 9.80. The monoisotopic (exact) mass is 220 g/mol. The number of hydrogen-bond donors (Lipinski definition) is 1. The molecule has 0 aromatic rings. The van der Waals surface area contributed by atoms with Crippen molar-refractivity contribution in [2.75, 3.05) is 0 Å². The van der Waals surface area contributed by atoms with Gasteiger partial charge in [-0.15, -0.1) is 0 Å². The van der Waals surface area contributed by atoms with Gasteiger partial charge in [-0.2, -0.15) is 0 Å². The summed E-state index contributed by atoms with van der Waals surface area (Å²) in [6.07, 6.45) is 10.3. The fourth-order valence-corrected chi connectivity index (χ4v) is 3.11. The molecule has 2 saturated carbocycles. The molecule has 2 aliphatic carbocycles. The molecular weight excluding hydrogens is 200 g/mol. The summed E-state index contributed by atoms with van der Waals surface area (Å²) in [7, 11) is 0. The van der Waals surface area contributed by atoms with Gasteiger partial charge in [0.05, 0.1) is 6.10 Å². The molecule has 1 heterocycles. The van der Waals surface area contributed by atoms with Gasteiger partial charge in [-0.05, 0) is 44.9 Å². The lowest BCUT2D eigenvalue weighted by Crippen LogP contribution is -2.30. The Morgan fingerprint density at radius 1 is 0.938 bits per heavy atom. The summed E-state index contributed by atoms with van der Waals surface area (Å²) < 4.78 is 5.72. The van der Waals surface area contributed by atoms with E-state index in [9.17, 15) is 5.11 Å². The number of fused-ring (bicyclic) bond motifs is 1. The van der Waals surface area contributed by atoms with Crippen LogP contribution < -0.4 is 0 Å². The molecule has 88 valence electrons. The molecule has 16 heavy (non-hydrogen) atoms. The Morgan fingerprint density at radius 3 is 2.44 bits per heavy atom. The van der Waals surface area contributed by atoms with Gasteiger partial charge in [0.1, 0.15) is 5.60 Å². The van der Waals surface area contributed by atoms with E-state index in [1.165, 1.54) is 19.3 Å². The lowest BCUT2D eigenvalue weighted by atomic mass is 9.83. The highest BCUT2D eigenvalue weighted by atomic mass is 16.6. The largest absolute Gasteiger partial charge is 0.378 e. The van der Waals surface area contributed by atoms with E-state index in [0.717, 1.165) is 38.5 Å². The molecule has 2 nitrogen and oxygen atoms in total. The Kier molecular flexibility index (Phi) is 2.49. The molecule has 0 bridgehead atoms. The minimum atomic E-state index is -0.707. The van der Waals surface area contributed by atoms with Crippen LogP contribution in [-0.4, -0.2) is 22.4 Å². The zero-order chi connectivity index (χ0) is 11.1. The highest BCUT2D eigenvalue weighted by Gasteiger charge is 2.56. The highest BCUT2D eigenvalue weighted by molar-refractivity contribution is 5.30. The van der Waals surface area contributed by atoms with Crippen LogP contribution in [-0.2, 0) is 4.74 Å².